The molecule has 0 saturated carbocycles. The number of carboxylic acid groups (broad SMARTS) is 1. The lowest BCUT2D eigenvalue weighted by Gasteiger charge is -2.20. The number of phenols is 1. The van der Waals surface area contributed by atoms with Crippen LogP contribution in [0.15, 0.2) is 12.1 Å². The number of ether oxygens (including phenoxy) is 2. The Kier molecular flexibility index (Phi) is 3.06. The molecule has 92 valence electrons. The second-order valence-electron chi connectivity index (χ2n) is 3.75. The number of aromatic hydroxyl groups is 1. The first-order valence-electron chi connectivity index (χ1n) is 5.18. The zero-order chi connectivity index (χ0) is 12.4. The molecule has 1 atom stereocenters. The molecule has 1 unspecified atom stereocenters. The van der Waals surface area contributed by atoms with E-state index in [4.69, 9.17) is 20.3 Å². The molecule has 1 aromatic rings. The molecule has 6 nitrogen and oxygen atoms in total. The van der Waals surface area contributed by atoms with E-state index in [2.05, 4.69) is 0 Å². The SMILES string of the molecule is NC(Cc1ccc2c(c1O)OCCO2)C(=O)O. The van der Waals surface area contributed by atoms with E-state index >= 15 is 0 Å². The number of hydrogen-bond donors (Lipinski definition) is 3. The Hall–Kier alpha value is -1.95. The highest BCUT2D eigenvalue weighted by molar-refractivity contribution is 5.74. The van der Waals surface area contributed by atoms with Crippen molar-refractivity contribution in [2.45, 2.75) is 12.5 Å². The van der Waals surface area contributed by atoms with E-state index in [1.54, 1.807) is 12.1 Å². The van der Waals surface area contributed by atoms with Crippen molar-refractivity contribution in [3.05, 3.63) is 17.7 Å². The van der Waals surface area contributed by atoms with Crippen molar-refractivity contribution in [2.24, 2.45) is 5.73 Å². The van der Waals surface area contributed by atoms with Crippen molar-refractivity contribution in [3.8, 4) is 17.2 Å². The molecule has 0 aromatic heterocycles. The van der Waals surface area contributed by atoms with Gasteiger partial charge in [0.15, 0.2) is 11.5 Å². The van der Waals surface area contributed by atoms with Gasteiger partial charge < -0.3 is 25.4 Å². The van der Waals surface area contributed by atoms with Gasteiger partial charge in [0.05, 0.1) is 0 Å². The third-order valence-corrected chi connectivity index (χ3v) is 2.52. The normalized spacial score (nSPS) is 15.4. The summed E-state index contributed by atoms with van der Waals surface area (Å²) in [6, 6.07) is 2.17. The zero-order valence-corrected chi connectivity index (χ0v) is 9.05. The Bertz CT molecular complexity index is 446. The highest BCUT2D eigenvalue weighted by atomic mass is 16.6. The number of aliphatic carboxylic acids is 1. The molecule has 1 aromatic carbocycles. The maximum atomic E-state index is 10.6. The molecule has 1 heterocycles. The Morgan fingerprint density at radius 1 is 1.41 bits per heavy atom. The summed E-state index contributed by atoms with van der Waals surface area (Å²) in [4.78, 5) is 10.6. The van der Waals surface area contributed by atoms with Crippen molar-refractivity contribution < 1.29 is 24.5 Å². The van der Waals surface area contributed by atoms with Gasteiger partial charge in [-0.3, -0.25) is 4.79 Å². The minimum absolute atomic E-state index is 0.0395. The molecule has 0 saturated heterocycles. The first-order chi connectivity index (χ1) is 8.09. The monoisotopic (exact) mass is 239 g/mol. The molecule has 0 spiro atoms. The summed E-state index contributed by atoms with van der Waals surface area (Å²) in [6.07, 6.45) is 0.0395. The number of carboxylic acids is 1. The van der Waals surface area contributed by atoms with Crippen LogP contribution in [0.1, 0.15) is 5.56 Å². The molecule has 0 fully saturated rings. The first kappa shape index (κ1) is 11.5. The maximum absolute atomic E-state index is 10.6. The molecule has 2 rings (SSSR count). The van der Waals surface area contributed by atoms with Gasteiger partial charge in [-0.25, -0.2) is 0 Å². The Labute approximate surface area is 97.6 Å². The average molecular weight is 239 g/mol. The van der Waals surface area contributed by atoms with E-state index in [9.17, 15) is 9.90 Å². The van der Waals surface area contributed by atoms with E-state index in [1.807, 2.05) is 0 Å². The van der Waals surface area contributed by atoms with Crippen molar-refractivity contribution in [2.75, 3.05) is 13.2 Å². The topological polar surface area (TPSA) is 102 Å². The van der Waals surface area contributed by atoms with Crippen LogP contribution in [-0.2, 0) is 11.2 Å². The Morgan fingerprint density at radius 2 is 2.12 bits per heavy atom. The van der Waals surface area contributed by atoms with Crippen LogP contribution in [-0.4, -0.2) is 35.4 Å². The van der Waals surface area contributed by atoms with Crippen molar-refractivity contribution >= 4 is 5.97 Å². The number of hydrogen-bond acceptors (Lipinski definition) is 5. The lowest BCUT2D eigenvalue weighted by Crippen LogP contribution is -2.32. The average Bonchev–Trinajstić information content (AvgIpc) is 2.33. The lowest BCUT2D eigenvalue weighted by atomic mass is 10.0. The van der Waals surface area contributed by atoms with E-state index in [-0.39, 0.29) is 17.9 Å². The summed E-state index contributed by atoms with van der Waals surface area (Å²) >= 11 is 0. The molecular formula is C11H13NO5. The quantitative estimate of drug-likeness (QED) is 0.692. The van der Waals surface area contributed by atoms with Crippen LogP contribution in [0.4, 0.5) is 0 Å². The van der Waals surface area contributed by atoms with Gasteiger partial charge in [0.25, 0.3) is 0 Å². The van der Waals surface area contributed by atoms with Crippen molar-refractivity contribution in [1.29, 1.82) is 0 Å². The summed E-state index contributed by atoms with van der Waals surface area (Å²) in [7, 11) is 0. The minimum atomic E-state index is -1.11. The largest absolute Gasteiger partial charge is 0.504 e. The summed E-state index contributed by atoms with van der Waals surface area (Å²) in [5, 5.41) is 18.6. The first-order valence-corrected chi connectivity index (χ1v) is 5.18. The standard InChI is InChI=1S/C11H13NO5/c12-7(11(14)15)5-6-1-2-8-10(9(6)13)17-4-3-16-8/h1-2,7,13H,3-5,12H2,(H,14,15). The van der Waals surface area contributed by atoms with Gasteiger partial charge in [0.2, 0.25) is 5.75 Å². The minimum Gasteiger partial charge on any atom is -0.504 e. The molecule has 4 N–H and O–H groups in total. The molecule has 0 bridgehead atoms. The molecule has 1 aliphatic heterocycles. The van der Waals surface area contributed by atoms with Crippen LogP contribution < -0.4 is 15.2 Å². The lowest BCUT2D eigenvalue weighted by molar-refractivity contribution is -0.138. The fourth-order valence-electron chi connectivity index (χ4n) is 1.63. The molecule has 6 heteroatoms. The Balaban J connectivity index is 2.27. The number of nitrogens with two attached hydrogens (primary N) is 1. The zero-order valence-electron chi connectivity index (χ0n) is 9.05. The van der Waals surface area contributed by atoms with Crippen LogP contribution in [0.3, 0.4) is 0 Å². The third kappa shape index (κ3) is 2.26. The summed E-state index contributed by atoms with van der Waals surface area (Å²) in [5.74, 6) is -0.495. The van der Waals surface area contributed by atoms with Gasteiger partial charge >= 0.3 is 5.97 Å². The number of fused-ring (bicyclic) bond motifs is 1. The fraction of sp³-hybridized carbons (Fsp3) is 0.364. The van der Waals surface area contributed by atoms with Crippen molar-refractivity contribution in [3.63, 3.8) is 0 Å². The van der Waals surface area contributed by atoms with E-state index < -0.39 is 12.0 Å². The van der Waals surface area contributed by atoms with E-state index in [0.29, 0.717) is 24.5 Å². The summed E-state index contributed by atoms with van der Waals surface area (Å²) < 4.78 is 10.6. The van der Waals surface area contributed by atoms with Gasteiger partial charge in [0, 0.05) is 12.0 Å². The van der Waals surface area contributed by atoms with Gasteiger partial charge in [-0.1, -0.05) is 6.07 Å². The van der Waals surface area contributed by atoms with Gasteiger partial charge in [-0.05, 0) is 6.07 Å². The van der Waals surface area contributed by atoms with Crippen LogP contribution >= 0.6 is 0 Å². The molecule has 0 amide bonds. The van der Waals surface area contributed by atoms with Gasteiger partial charge in [0.1, 0.15) is 19.3 Å². The molecule has 0 radical (unpaired) electrons. The maximum Gasteiger partial charge on any atom is 0.320 e. The van der Waals surface area contributed by atoms with Gasteiger partial charge in [-0.15, -0.1) is 0 Å². The highest BCUT2D eigenvalue weighted by Crippen LogP contribution is 2.41. The third-order valence-electron chi connectivity index (χ3n) is 2.52. The smallest absolute Gasteiger partial charge is 0.320 e. The number of phenolic OH excluding ortho intramolecular Hbond substituents is 1. The van der Waals surface area contributed by atoms with E-state index in [0.717, 1.165) is 0 Å². The van der Waals surface area contributed by atoms with Crippen molar-refractivity contribution in [1.82, 2.24) is 0 Å². The molecule has 17 heavy (non-hydrogen) atoms. The fourth-order valence-corrected chi connectivity index (χ4v) is 1.63. The van der Waals surface area contributed by atoms with Crippen LogP contribution in [0.25, 0.3) is 0 Å². The van der Waals surface area contributed by atoms with Crippen LogP contribution in [0.5, 0.6) is 17.2 Å². The summed E-state index contributed by atoms with van der Waals surface area (Å²) in [5.41, 5.74) is 5.85. The molecule has 1 aliphatic rings. The predicted octanol–water partition coefficient (Wildman–Crippen LogP) is 0.118. The highest BCUT2D eigenvalue weighted by Gasteiger charge is 2.21. The second kappa shape index (κ2) is 4.50. The second-order valence-corrected chi connectivity index (χ2v) is 3.75. The Morgan fingerprint density at radius 3 is 2.82 bits per heavy atom. The van der Waals surface area contributed by atoms with Gasteiger partial charge in [-0.2, -0.15) is 0 Å². The van der Waals surface area contributed by atoms with Crippen LogP contribution in [0.2, 0.25) is 0 Å². The number of carbonyl (C=O) groups is 1. The molecular weight excluding hydrogens is 226 g/mol. The molecule has 0 aliphatic carbocycles. The van der Waals surface area contributed by atoms with E-state index in [1.165, 1.54) is 0 Å². The number of rotatable bonds is 3. The summed E-state index contributed by atoms with van der Waals surface area (Å²) in [6.45, 7) is 0.787. The predicted molar refractivity (Wildman–Crippen MR) is 58.4 cm³/mol. The van der Waals surface area contributed by atoms with Crippen LogP contribution in [0, 0.1) is 0 Å². The number of benzene rings is 1.